The lowest BCUT2D eigenvalue weighted by atomic mass is 10.1. The number of unbranched alkanes of at least 4 members (excludes halogenated alkanes) is 14. The van der Waals surface area contributed by atoms with Crippen molar-refractivity contribution < 1.29 is 19.1 Å². The van der Waals surface area contributed by atoms with Gasteiger partial charge in [-0.25, -0.2) is 0 Å². The van der Waals surface area contributed by atoms with Crippen LogP contribution in [0.5, 0.6) is 0 Å². The van der Waals surface area contributed by atoms with Crippen molar-refractivity contribution in [1.82, 2.24) is 0 Å². The molecule has 0 radical (unpaired) electrons. The number of carbonyl (C=O) groups is 2. The molecule has 0 amide bonds. The van der Waals surface area contributed by atoms with Crippen molar-refractivity contribution in [2.45, 2.75) is 142 Å². The van der Waals surface area contributed by atoms with Crippen LogP contribution in [-0.4, -0.2) is 36.7 Å². The highest BCUT2D eigenvalue weighted by atomic mass is 33.1. The molecule has 34 heavy (non-hydrogen) atoms. The van der Waals surface area contributed by atoms with Gasteiger partial charge < -0.3 is 9.47 Å². The summed E-state index contributed by atoms with van der Waals surface area (Å²) in [5.41, 5.74) is 0. The van der Waals surface area contributed by atoms with E-state index in [1.54, 1.807) is 0 Å². The zero-order valence-electron chi connectivity index (χ0n) is 22.4. The predicted molar refractivity (Wildman–Crippen MR) is 151 cm³/mol. The molecule has 0 saturated heterocycles. The fourth-order valence-corrected chi connectivity index (χ4v) is 5.91. The van der Waals surface area contributed by atoms with Gasteiger partial charge >= 0.3 is 11.9 Å². The second kappa shape index (κ2) is 28.9. The molecule has 202 valence electrons. The van der Waals surface area contributed by atoms with Crippen molar-refractivity contribution in [3.05, 3.63) is 0 Å². The van der Waals surface area contributed by atoms with Gasteiger partial charge in [0.1, 0.15) is 0 Å². The molecule has 0 aliphatic rings. The van der Waals surface area contributed by atoms with Crippen LogP contribution < -0.4 is 0 Å². The maximum absolute atomic E-state index is 11.7. The molecule has 0 bridgehead atoms. The normalized spacial score (nSPS) is 11.0. The first-order chi connectivity index (χ1) is 16.7. The third kappa shape index (κ3) is 27.9. The first-order valence-electron chi connectivity index (χ1n) is 14.3. The molecule has 0 aliphatic heterocycles. The van der Waals surface area contributed by atoms with E-state index < -0.39 is 0 Å². The van der Waals surface area contributed by atoms with Crippen LogP contribution in [0.4, 0.5) is 0 Å². The molecule has 0 aromatic heterocycles. The van der Waals surface area contributed by atoms with Gasteiger partial charge in [0, 0.05) is 24.3 Å². The minimum absolute atomic E-state index is 0.0184. The lowest BCUT2D eigenvalue weighted by Gasteiger charge is -2.05. The van der Waals surface area contributed by atoms with Gasteiger partial charge in [-0.05, 0) is 38.5 Å². The molecule has 0 fully saturated rings. The molecular weight excluding hydrogens is 464 g/mol. The van der Waals surface area contributed by atoms with Crippen LogP contribution in [0.2, 0.25) is 0 Å². The molecule has 0 unspecified atom stereocenters. The quantitative estimate of drug-likeness (QED) is 0.0613. The van der Waals surface area contributed by atoms with E-state index in [9.17, 15) is 9.59 Å². The van der Waals surface area contributed by atoms with E-state index in [2.05, 4.69) is 13.8 Å². The summed E-state index contributed by atoms with van der Waals surface area (Å²) in [5.74, 6) is 2.35. The number of rotatable bonds is 27. The lowest BCUT2D eigenvalue weighted by Crippen LogP contribution is -2.05. The molecule has 0 saturated carbocycles. The number of carbonyl (C=O) groups excluding carboxylic acids is 2. The maximum atomic E-state index is 11.7. The Bertz CT molecular complexity index is 406. The smallest absolute Gasteiger partial charge is 0.305 e. The lowest BCUT2D eigenvalue weighted by molar-refractivity contribution is -0.144. The molecule has 0 heterocycles. The second-order valence-corrected chi connectivity index (χ2v) is 11.9. The van der Waals surface area contributed by atoms with Crippen LogP contribution in [0, 0.1) is 0 Å². The van der Waals surface area contributed by atoms with Crippen LogP contribution in [0.3, 0.4) is 0 Å². The summed E-state index contributed by atoms with van der Waals surface area (Å²) in [5, 5.41) is 0. The molecule has 0 aliphatic carbocycles. The average molecular weight is 519 g/mol. The van der Waals surface area contributed by atoms with Crippen LogP contribution in [-0.2, 0) is 19.1 Å². The summed E-state index contributed by atoms with van der Waals surface area (Å²) in [6.07, 6.45) is 22.1. The molecule has 0 aromatic carbocycles. The van der Waals surface area contributed by atoms with Crippen LogP contribution in [0.1, 0.15) is 142 Å². The van der Waals surface area contributed by atoms with Crippen molar-refractivity contribution in [3.63, 3.8) is 0 Å². The number of ether oxygens (including phenoxy) is 2. The number of hydrogen-bond donors (Lipinski definition) is 0. The van der Waals surface area contributed by atoms with Gasteiger partial charge in [-0.3, -0.25) is 9.59 Å². The standard InChI is InChI=1S/C28H54O4S2/c1-3-5-7-11-17-23-31-27(29)21-15-9-13-19-25-33-34-26-20-14-10-16-22-28(30)32-24-18-12-8-6-4-2/h3-26H2,1-2H3. The van der Waals surface area contributed by atoms with Gasteiger partial charge in [-0.15, -0.1) is 0 Å². The summed E-state index contributed by atoms with van der Waals surface area (Å²) in [7, 11) is 3.94. The topological polar surface area (TPSA) is 52.6 Å². The van der Waals surface area contributed by atoms with Crippen molar-refractivity contribution in [2.24, 2.45) is 0 Å². The fraction of sp³-hybridized carbons (Fsp3) is 0.929. The Labute approximate surface area is 219 Å². The first-order valence-corrected chi connectivity index (χ1v) is 16.7. The van der Waals surface area contributed by atoms with E-state index >= 15 is 0 Å². The third-order valence-corrected chi connectivity index (χ3v) is 8.40. The summed E-state index contributed by atoms with van der Waals surface area (Å²) in [4.78, 5) is 23.4. The van der Waals surface area contributed by atoms with Crippen molar-refractivity contribution in [2.75, 3.05) is 24.7 Å². The highest BCUT2D eigenvalue weighted by molar-refractivity contribution is 8.76. The van der Waals surface area contributed by atoms with Gasteiger partial charge in [0.05, 0.1) is 13.2 Å². The van der Waals surface area contributed by atoms with E-state index in [4.69, 9.17) is 9.47 Å². The zero-order valence-corrected chi connectivity index (χ0v) is 24.1. The molecule has 0 spiro atoms. The SMILES string of the molecule is CCCCCCCOC(=O)CCCCCCSSCCCCCCC(=O)OCCCCCCC. The molecule has 0 rings (SSSR count). The number of hydrogen-bond acceptors (Lipinski definition) is 6. The summed E-state index contributed by atoms with van der Waals surface area (Å²) >= 11 is 0. The molecule has 6 heteroatoms. The fourth-order valence-electron chi connectivity index (χ4n) is 3.61. The van der Waals surface area contributed by atoms with E-state index in [0.717, 1.165) is 38.5 Å². The minimum Gasteiger partial charge on any atom is -0.466 e. The first kappa shape index (κ1) is 33.6. The molecule has 0 aromatic rings. The summed E-state index contributed by atoms with van der Waals surface area (Å²) < 4.78 is 10.6. The summed E-state index contributed by atoms with van der Waals surface area (Å²) in [6.45, 7) is 5.62. The number of esters is 2. The monoisotopic (exact) mass is 518 g/mol. The van der Waals surface area contributed by atoms with Gasteiger partial charge in [0.15, 0.2) is 0 Å². The predicted octanol–water partition coefficient (Wildman–Crippen LogP) is 9.30. The average Bonchev–Trinajstić information content (AvgIpc) is 2.83. The van der Waals surface area contributed by atoms with Crippen molar-refractivity contribution >= 4 is 33.5 Å². The van der Waals surface area contributed by atoms with Crippen molar-refractivity contribution in [3.8, 4) is 0 Å². The Morgan fingerprint density at radius 1 is 0.471 bits per heavy atom. The van der Waals surface area contributed by atoms with Crippen LogP contribution in [0.15, 0.2) is 0 Å². The van der Waals surface area contributed by atoms with Gasteiger partial charge in [-0.1, -0.05) is 112 Å². The Hall–Kier alpha value is -0.360. The van der Waals surface area contributed by atoms with Crippen molar-refractivity contribution in [1.29, 1.82) is 0 Å². The molecular formula is C28H54O4S2. The van der Waals surface area contributed by atoms with E-state index in [0.29, 0.717) is 26.1 Å². The van der Waals surface area contributed by atoms with E-state index in [1.807, 2.05) is 21.6 Å². The minimum atomic E-state index is -0.0184. The Morgan fingerprint density at radius 2 is 0.824 bits per heavy atom. The highest BCUT2D eigenvalue weighted by Crippen LogP contribution is 2.24. The largest absolute Gasteiger partial charge is 0.466 e. The third-order valence-electron chi connectivity index (χ3n) is 5.82. The van der Waals surface area contributed by atoms with E-state index in [1.165, 1.54) is 88.6 Å². The van der Waals surface area contributed by atoms with Gasteiger partial charge in [0.2, 0.25) is 0 Å². The van der Waals surface area contributed by atoms with Crippen LogP contribution in [0.25, 0.3) is 0 Å². The Kier molecular flexibility index (Phi) is 28.6. The highest BCUT2D eigenvalue weighted by Gasteiger charge is 2.04. The van der Waals surface area contributed by atoms with E-state index in [-0.39, 0.29) is 11.9 Å². The molecule has 0 atom stereocenters. The van der Waals surface area contributed by atoms with Gasteiger partial charge in [-0.2, -0.15) is 0 Å². The molecule has 0 N–H and O–H groups in total. The summed E-state index contributed by atoms with van der Waals surface area (Å²) in [6, 6.07) is 0. The van der Waals surface area contributed by atoms with Crippen LogP contribution >= 0.6 is 21.6 Å². The maximum Gasteiger partial charge on any atom is 0.305 e. The second-order valence-electron chi connectivity index (χ2n) is 9.24. The van der Waals surface area contributed by atoms with Gasteiger partial charge in [0.25, 0.3) is 0 Å². The Morgan fingerprint density at radius 3 is 1.24 bits per heavy atom. The molecule has 4 nitrogen and oxygen atoms in total. The Balaban J connectivity index is 3.19. The zero-order chi connectivity index (χ0) is 25.0.